The molecule has 0 N–H and O–H groups in total. The van der Waals surface area contributed by atoms with E-state index in [1.54, 1.807) is 0 Å². The highest BCUT2D eigenvalue weighted by Crippen LogP contribution is 2.44. The Balaban J connectivity index is 0.985. The van der Waals surface area contributed by atoms with Gasteiger partial charge >= 0.3 is 0 Å². The first-order valence-electron chi connectivity index (χ1n) is 19.0. The second-order valence-electron chi connectivity index (χ2n) is 14.4. The van der Waals surface area contributed by atoms with Crippen molar-refractivity contribution in [2.24, 2.45) is 0 Å². The molecule has 6 heteroatoms. The minimum atomic E-state index is 0.664. The first-order chi connectivity index (χ1) is 28.2. The fraction of sp³-hybridized carbons (Fsp3) is 0. The highest BCUT2D eigenvalue weighted by molar-refractivity contribution is 7.26. The smallest absolute Gasteiger partial charge is 0.164 e. The number of hydrogen-bond donors (Lipinski definition) is 0. The van der Waals surface area contributed by atoms with Crippen LogP contribution in [0.2, 0.25) is 0 Å². The zero-order valence-electron chi connectivity index (χ0n) is 30.4. The molecule has 266 valence electrons. The molecule has 57 heavy (non-hydrogen) atoms. The monoisotopic (exact) mass is 762 g/mol. The van der Waals surface area contributed by atoms with E-state index >= 15 is 0 Å². The molecule has 0 aliphatic carbocycles. The lowest BCUT2D eigenvalue weighted by molar-refractivity contribution is 1.07. The third-order valence-corrected chi connectivity index (χ3v) is 13.3. The number of aromatic nitrogens is 4. The average molecular weight is 763 g/mol. The molecule has 0 amide bonds. The number of thiophene rings is 2. The first-order valence-corrected chi connectivity index (χ1v) is 20.6. The molecule has 0 fully saturated rings. The van der Waals surface area contributed by atoms with E-state index in [0.717, 1.165) is 16.7 Å². The van der Waals surface area contributed by atoms with Gasteiger partial charge in [0.05, 0.1) is 11.0 Å². The van der Waals surface area contributed by atoms with Crippen molar-refractivity contribution in [3.63, 3.8) is 0 Å². The van der Waals surface area contributed by atoms with Crippen LogP contribution in [0.5, 0.6) is 0 Å². The van der Waals surface area contributed by atoms with Crippen LogP contribution in [0.3, 0.4) is 0 Å². The molecule has 0 aliphatic rings. The average Bonchev–Trinajstić information content (AvgIpc) is 3.95. The Labute approximate surface area is 335 Å². The number of nitrogens with zero attached hydrogens (tertiary/aromatic N) is 4. The first kappa shape index (κ1) is 32.3. The van der Waals surface area contributed by atoms with Gasteiger partial charge in [-0.05, 0) is 71.8 Å². The second-order valence-corrected chi connectivity index (χ2v) is 16.6. The van der Waals surface area contributed by atoms with Gasteiger partial charge in [0, 0.05) is 73.5 Å². The van der Waals surface area contributed by atoms with E-state index in [9.17, 15) is 0 Å². The van der Waals surface area contributed by atoms with E-state index < -0.39 is 0 Å². The van der Waals surface area contributed by atoms with Crippen molar-refractivity contribution in [3.8, 4) is 51.0 Å². The van der Waals surface area contributed by atoms with Gasteiger partial charge in [-0.25, -0.2) is 15.0 Å². The van der Waals surface area contributed by atoms with E-state index in [2.05, 4.69) is 126 Å². The van der Waals surface area contributed by atoms with Gasteiger partial charge in [-0.3, -0.25) is 0 Å². The number of benzene rings is 8. The lowest BCUT2D eigenvalue weighted by Gasteiger charge is -2.09. The largest absolute Gasteiger partial charge is 0.309 e. The molecular formula is C51H30N4S2. The van der Waals surface area contributed by atoms with Gasteiger partial charge in [-0.2, -0.15) is 0 Å². The Kier molecular flexibility index (Phi) is 7.24. The molecular weight excluding hydrogens is 733 g/mol. The normalized spacial score (nSPS) is 11.9. The molecule has 0 aliphatic heterocycles. The van der Waals surface area contributed by atoms with Crippen LogP contribution in [-0.2, 0) is 0 Å². The van der Waals surface area contributed by atoms with Crippen LogP contribution in [0, 0.1) is 0 Å². The lowest BCUT2D eigenvalue weighted by atomic mass is 9.98. The molecule has 0 saturated heterocycles. The highest BCUT2D eigenvalue weighted by Gasteiger charge is 2.18. The molecule has 0 saturated carbocycles. The zero-order chi connectivity index (χ0) is 37.5. The Bertz CT molecular complexity index is 3410. The molecule has 12 aromatic rings. The Morgan fingerprint density at radius 2 is 0.912 bits per heavy atom. The Morgan fingerprint density at radius 1 is 0.333 bits per heavy atom. The molecule has 12 rings (SSSR count). The molecule has 0 spiro atoms. The summed E-state index contributed by atoms with van der Waals surface area (Å²) in [7, 11) is 0. The molecule has 4 aromatic heterocycles. The van der Waals surface area contributed by atoms with Crippen molar-refractivity contribution in [2.75, 3.05) is 0 Å². The zero-order valence-corrected chi connectivity index (χ0v) is 32.1. The van der Waals surface area contributed by atoms with Crippen LogP contribution in [0.25, 0.3) is 113 Å². The van der Waals surface area contributed by atoms with E-state index in [-0.39, 0.29) is 0 Å². The van der Waals surface area contributed by atoms with Crippen LogP contribution in [0.1, 0.15) is 0 Å². The standard InChI is InChI=1S/C51H30N4S2/c1-3-12-31(13-4-1)49-52-50(32-14-5-2-6-15-32)54-51(53-49)34-23-26-44-40(28-34)39-25-22-33(29-47(39)57-44)36-18-11-21-46-48(36)41-30-35(24-27-45(41)56-46)55-42-19-9-7-16-37(42)38-17-8-10-20-43(38)55/h1-30H. The van der Waals surface area contributed by atoms with Crippen LogP contribution < -0.4 is 0 Å². The summed E-state index contributed by atoms with van der Waals surface area (Å²) in [6, 6.07) is 65.0. The van der Waals surface area contributed by atoms with Crippen molar-refractivity contribution in [1.29, 1.82) is 0 Å². The third kappa shape index (κ3) is 5.22. The summed E-state index contributed by atoms with van der Waals surface area (Å²) in [6.45, 7) is 0. The minimum Gasteiger partial charge on any atom is -0.309 e. The summed E-state index contributed by atoms with van der Waals surface area (Å²) < 4.78 is 7.50. The number of para-hydroxylation sites is 2. The van der Waals surface area contributed by atoms with Crippen molar-refractivity contribution in [1.82, 2.24) is 19.5 Å². The van der Waals surface area contributed by atoms with Gasteiger partial charge in [0.15, 0.2) is 17.5 Å². The summed E-state index contributed by atoms with van der Waals surface area (Å²) in [6.07, 6.45) is 0. The Hall–Kier alpha value is -6.99. The maximum Gasteiger partial charge on any atom is 0.164 e. The fourth-order valence-electron chi connectivity index (χ4n) is 8.42. The molecule has 0 atom stereocenters. The fourth-order valence-corrected chi connectivity index (χ4v) is 10.7. The molecule has 4 heterocycles. The van der Waals surface area contributed by atoms with Crippen LogP contribution >= 0.6 is 22.7 Å². The number of fused-ring (bicyclic) bond motifs is 9. The summed E-state index contributed by atoms with van der Waals surface area (Å²) in [5.74, 6) is 1.99. The van der Waals surface area contributed by atoms with Crippen molar-refractivity contribution in [2.45, 2.75) is 0 Å². The Morgan fingerprint density at radius 3 is 1.61 bits per heavy atom. The maximum atomic E-state index is 5.01. The van der Waals surface area contributed by atoms with E-state index in [1.807, 2.05) is 83.3 Å². The summed E-state index contributed by atoms with van der Waals surface area (Å²) in [5.41, 5.74) is 8.99. The van der Waals surface area contributed by atoms with Crippen molar-refractivity contribution >= 4 is 84.8 Å². The maximum absolute atomic E-state index is 5.01. The van der Waals surface area contributed by atoms with E-state index in [1.165, 1.54) is 79.0 Å². The molecule has 0 radical (unpaired) electrons. The van der Waals surface area contributed by atoms with Gasteiger partial charge in [0.1, 0.15) is 0 Å². The van der Waals surface area contributed by atoms with E-state index in [4.69, 9.17) is 15.0 Å². The summed E-state index contributed by atoms with van der Waals surface area (Å²) in [5, 5.41) is 7.58. The number of rotatable bonds is 5. The van der Waals surface area contributed by atoms with Crippen molar-refractivity contribution in [3.05, 3.63) is 182 Å². The lowest BCUT2D eigenvalue weighted by Crippen LogP contribution is -2.00. The topological polar surface area (TPSA) is 43.6 Å². The quantitative estimate of drug-likeness (QED) is 0.175. The summed E-state index contributed by atoms with van der Waals surface area (Å²) >= 11 is 3.70. The van der Waals surface area contributed by atoms with Gasteiger partial charge in [-0.1, -0.05) is 121 Å². The molecule has 8 aromatic carbocycles. The van der Waals surface area contributed by atoms with Crippen LogP contribution in [0.4, 0.5) is 0 Å². The highest BCUT2D eigenvalue weighted by atomic mass is 32.1. The third-order valence-electron chi connectivity index (χ3n) is 11.1. The number of hydrogen-bond acceptors (Lipinski definition) is 5. The van der Waals surface area contributed by atoms with Gasteiger partial charge in [0.2, 0.25) is 0 Å². The summed E-state index contributed by atoms with van der Waals surface area (Å²) in [4.78, 5) is 14.9. The minimum absolute atomic E-state index is 0.664. The second kappa shape index (κ2) is 12.8. The van der Waals surface area contributed by atoms with E-state index in [0.29, 0.717) is 17.5 Å². The molecule has 4 nitrogen and oxygen atoms in total. The van der Waals surface area contributed by atoms with Crippen LogP contribution in [-0.4, -0.2) is 19.5 Å². The van der Waals surface area contributed by atoms with Gasteiger partial charge < -0.3 is 4.57 Å². The molecule has 0 unspecified atom stereocenters. The van der Waals surface area contributed by atoms with Crippen molar-refractivity contribution < 1.29 is 0 Å². The predicted octanol–water partition coefficient (Wildman–Crippen LogP) is 14.4. The SMILES string of the molecule is c1ccc(-c2nc(-c3ccccc3)nc(-c3ccc4sc5cc(-c6cccc7sc8ccc(-n9c%10ccccc%10c%10ccccc%109)cc8c67)ccc5c4c3)n2)cc1. The van der Waals surface area contributed by atoms with Crippen LogP contribution in [0.15, 0.2) is 182 Å². The van der Waals surface area contributed by atoms with Gasteiger partial charge in [-0.15, -0.1) is 22.7 Å². The molecule has 0 bridgehead atoms. The predicted molar refractivity (Wildman–Crippen MR) is 242 cm³/mol. The van der Waals surface area contributed by atoms with Gasteiger partial charge in [0.25, 0.3) is 0 Å².